The van der Waals surface area contributed by atoms with Crippen LogP contribution in [0.1, 0.15) is 17.0 Å². The summed E-state index contributed by atoms with van der Waals surface area (Å²) in [6.45, 7) is 4.81. The van der Waals surface area contributed by atoms with Crippen molar-refractivity contribution in [3.63, 3.8) is 0 Å². The van der Waals surface area contributed by atoms with Gasteiger partial charge in [0, 0.05) is 17.8 Å². The first-order valence-electron chi connectivity index (χ1n) is 8.92. The Hall–Kier alpha value is -2.52. The minimum absolute atomic E-state index is 0. The Kier molecular flexibility index (Phi) is 6.81. The zero-order chi connectivity index (χ0) is 19.5. The fourth-order valence-electron chi connectivity index (χ4n) is 3.16. The van der Waals surface area contributed by atoms with E-state index in [4.69, 9.17) is 0 Å². The summed E-state index contributed by atoms with van der Waals surface area (Å²) in [7, 11) is 0. The SMILES string of the molecule is Cc1cc(NCc2ccc(-c3ccccc3-c3nnn[nH]3)cc2)c(I)c(C)n1.Cl. The van der Waals surface area contributed by atoms with Crippen LogP contribution < -0.4 is 5.32 Å². The van der Waals surface area contributed by atoms with Gasteiger partial charge in [-0.15, -0.1) is 17.5 Å². The molecule has 8 heteroatoms. The molecule has 4 rings (SSSR count). The Balaban J connectivity index is 0.00000240. The Labute approximate surface area is 189 Å². The van der Waals surface area contributed by atoms with Crippen molar-refractivity contribution in [1.82, 2.24) is 25.6 Å². The second-order valence-corrected chi connectivity index (χ2v) is 7.64. The zero-order valence-electron chi connectivity index (χ0n) is 16.0. The second kappa shape index (κ2) is 9.32. The van der Waals surface area contributed by atoms with Crippen molar-refractivity contribution in [3.05, 3.63) is 75.1 Å². The van der Waals surface area contributed by atoms with Crippen LogP contribution in [0.25, 0.3) is 22.5 Å². The van der Waals surface area contributed by atoms with E-state index in [1.54, 1.807) is 0 Å². The van der Waals surface area contributed by atoms with Gasteiger partial charge in [-0.1, -0.05) is 48.5 Å². The molecule has 0 aliphatic heterocycles. The maximum atomic E-state index is 4.50. The lowest BCUT2D eigenvalue weighted by Gasteiger charge is -2.12. The largest absolute Gasteiger partial charge is 0.380 e. The van der Waals surface area contributed by atoms with Crippen LogP contribution in [0.2, 0.25) is 0 Å². The minimum atomic E-state index is 0. The molecule has 0 unspecified atom stereocenters. The summed E-state index contributed by atoms with van der Waals surface area (Å²) in [5.41, 5.74) is 7.61. The monoisotopic (exact) mass is 518 g/mol. The van der Waals surface area contributed by atoms with Crippen LogP contribution in [-0.2, 0) is 6.54 Å². The number of aromatic nitrogens is 5. The highest BCUT2D eigenvalue weighted by molar-refractivity contribution is 14.1. The van der Waals surface area contributed by atoms with E-state index in [9.17, 15) is 0 Å². The average molecular weight is 519 g/mol. The Morgan fingerprint density at radius 2 is 1.72 bits per heavy atom. The molecule has 0 aliphatic carbocycles. The Bertz CT molecular complexity index is 1100. The summed E-state index contributed by atoms with van der Waals surface area (Å²) in [6.07, 6.45) is 0. The maximum absolute atomic E-state index is 4.50. The third-order valence-electron chi connectivity index (χ3n) is 4.53. The number of benzene rings is 2. The van der Waals surface area contributed by atoms with Crippen LogP contribution in [0.5, 0.6) is 0 Å². The fourth-order valence-corrected chi connectivity index (χ4v) is 3.62. The van der Waals surface area contributed by atoms with E-state index in [2.05, 4.69) is 89.9 Å². The molecule has 2 aromatic carbocycles. The molecule has 148 valence electrons. The van der Waals surface area contributed by atoms with Gasteiger partial charge in [0.1, 0.15) is 0 Å². The van der Waals surface area contributed by atoms with Gasteiger partial charge in [-0.25, -0.2) is 5.10 Å². The topological polar surface area (TPSA) is 79.4 Å². The molecule has 2 N–H and O–H groups in total. The summed E-state index contributed by atoms with van der Waals surface area (Å²) in [4.78, 5) is 4.50. The van der Waals surface area contributed by atoms with Crippen molar-refractivity contribution >= 4 is 40.7 Å². The number of hydrogen-bond donors (Lipinski definition) is 2. The molecule has 4 aromatic rings. The van der Waals surface area contributed by atoms with Crippen LogP contribution in [0.4, 0.5) is 5.69 Å². The quantitative estimate of drug-likeness (QED) is 0.356. The van der Waals surface area contributed by atoms with Crippen LogP contribution >= 0.6 is 35.0 Å². The van der Waals surface area contributed by atoms with Crippen LogP contribution in [0.15, 0.2) is 54.6 Å². The van der Waals surface area contributed by atoms with E-state index < -0.39 is 0 Å². The van der Waals surface area contributed by atoms with Crippen LogP contribution in [0.3, 0.4) is 0 Å². The first-order chi connectivity index (χ1) is 13.6. The molecule has 6 nitrogen and oxygen atoms in total. The number of rotatable bonds is 5. The van der Waals surface area contributed by atoms with Crippen molar-refractivity contribution in [1.29, 1.82) is 0 Å². The number of nitrogens with zero attached hydrogens (tertiary/aromatic N) is 4. The molecule has 2 heterocycles. The second-order valence-electron chi connectivity index (χ2n) is 6.56. The molecular weight excluding hydrogens is 499 g/mol. The molecule has 0 fully saturated rings. The summed E-state index contributed by atoms with van der Waals surface area (Å²) in [5, 5.41) is 17.8. The molecule has 0 aliphatic rings. The van der Waals surface area contributed by atoms with Gasteiger partial charge in [0.05, 0.1) is 15.0 Å². The van der Waals surface area contributed by atoms with E-state index in [1.807, 2.05) is 32.0 Å². The highest BCUT2D eigenvalue weighted by atomic mass is 127. The number of pyridine rings is 1. The van der Waals surface area contributed by atoms with Gasteiger partial charge in [-0.3, -0.25) is 4.98 Å². The molecule has 2 aromatic heterocycles. The number of halogens is 2. The van der Waals surface area contributed by atoms with E-state index in [0.29, 0.717) is 5.82 Å². The van der Waals surface area contributed by atoms with E-state index in [-0.39, 0.29) is 12.4 Å². The standard InChI is InChI=1S/C21H19IN6.ClH/c1-13-11-19(20(22)14(2)24-13)23-12-15-7-9-16(10-8-15)17-5-3-4-6-18(17)21-25-27-28-26-21;/h3-11H,12H2,1-2H3,(H,23,24)(H,25,26,27,28);1H. The van der Waals surface area contributed by atoms with Gasteiger partial charge in [-0.2, -0.15) is 0 Å². The number of aryl methyl sites for hydroxylation is 2. The van der Waals surface area contributed by atoms with Crippen LogP contribution in [-0.4, -0.2) is 25.6 Å². The average Bonchev–Trinajstić information content (AvgIpc) is 3.25. The first kappa shape index (κ1) is 21.2. The normalized spacial score (nSPS) is 10.4. The number of hydrogen-bond acceptors (Lipinski definition) is 5. The Morgan fingerprint density at radius 3 is 2.41 bits per heavy atom. The van der Waals surface area contributed by atoms with Crippen molar-refractivity contribution in [2.24, 2.45) is 0 Å². The van der Waals surface area contributed by atoms with Gasteiger partial charge in [0.15, 0.2) is 5.82 Å². The third-order valence-corrected chi connectivity index (χ3v) is 5.89. The lowest BCUT2D eigenvalue weighted by Crippen LogP contribution is -2.04. The molecule has 0 saturated carbocycles. The van der Waals surface area contributed by atoms with Gasteiger partial charge < -0.3 is 5.32 Å². The van der Waals surface area contributed by atoms with E-state index in [1.165, 1.54) is 5.56 Å². The van der Waals surface area contributed by atoms with Crippen LogP contribution in [0, 0.1) is 17.4 Å². The Morgan fingerprint density at radius 1 is 1.00 bits per heavy atom. The molecule has 0 amide bonds. The number of H-pyrrole nitrogens is 1. The first-order valence-corrected chi connectivity index (χ1v) is 10.00. The molecule has 0 radical (unpaired) electrons. The number of aromatic amines is 1. The number of anilines is 1. The molecule has 0 atom stereocenters. The third kappa shape index (κ3) is 4.73. The van der Waals surface area contributed by atoms with Crippen molar-refractivity contribution in [2.45, 2.75) is 20.4 Å². The molecule has 0 saturated heterocycles. The number of nitrogens with one attached hydrogen (secondary N) is 2. The summed E-state index contributed by atoms with van der Waals surface area (Å²) >= 11 is 2.34. The maximum Gasteiger partial charge on any atom is 0.180 e. The molecule has 29 heavy (non-hydrogen) atoms. The molecule has 0 bridgehead atoms. The van der Waals surface area contributed by atoms with E-state index in [0.717, 1.165) is 43.9 Å². The lowest BCUT2D eigenvalue weighted by atomic mass is 9.98. The van der Waals surface area contributed by atoms with Gasteiger partial charge in [-0.05, 0) is 69.6 Å². The van der Waals surface area contributed by atoms with E-state index >= 15 is 0 Å². The predicted octanol–water partition coefficient (Wildman–Crippen LogP) is 5.18. The van der Waals surface area contributed by atoms with Crippen molar-refractivity contribution < 1.29 is 0 Å². The lowest BCUT2D eigenvalue weighted by molar-refractivity contribution is 0.881. The summed E-state index contributed by atoms with van der Waals surface area (Å²) in [6, 6.07) is 18.7. The number of tetrazole rings is 1. The molecule has 0 spiro atoms. The van der Waals surface area contributed by atoms with Gasteiger partial charge in [0.25, 0.3) is 0 Å². The van der Waals surface area contributed by atoms with Crippen molar-refractivity contribution in [3.8, 4) is 22.5 Å². The van der Waals surface area contributed by atoms with Gasteiger partial charge in [0.2, 0.25) is 0 Å². The minimum Gasteiger partial charge on any atom is -0.380 e. The predicted molar refractivity (Wildman–Crippen MR) is 126 cm³/mol. The van der Waals surface area contributed by atoms with Gasteiger partial charge >= 0.3 is 0 Å². The van der Waals surface area contributed by atoms with Crippen molar-refractivity contribution in [2.75, 3.05) is 5.32 Å². The zero-order valence-corrected chi connectivity index (χ0v) is 19.0. The highest BCUT2D eigenvalue weighted by Crippen LogP contribution is 2.30. The summed E-state index contributed by atoms with van der Waals surface area (Å²) < 4.78 is 1.16. The summed E-state index contributed by atoms with van der Waals surface area (Å²) in [5.74, 6) is 0.666. The molecular formula is C21H20ClIN6. The fraction of sp³-hybridized carbons (Fsp3) is 0.143. The highest BCUT2D eigenvalue weighted by Gasteiger charge is 2.10. The smallest absolute Gasteiger partial charge is 0.180 e.